The van der Waals surface area contributed by atoms with Crippen LogP contribution in [0.15, 0.2) is 35.2 Å². The molecule has 21 heavy (non-hydrogen) atoms. The third-order valence-electron chi connectivity index (χ3n) is 3.11. The molecule has 0 fully saturated rings. The first kappa shape index (κ1) is 15.9. The van der Waals surface area contributed by atoms with Crippen LogP contribution in [0.25, 0.3) is 0 Å². The number of aryl methyl sites for hydroxylation is 1. The SMILES string of the molecule is Cc1ccc(N)c(C)c1S(=O)(=O)Nc1cccc(Cl)c1Cl. The summed E-state index contributed by atoms with van der Waals surface area (Å²) < 4.78 is 27.6. The zero-order chi connectivity index (χ0) is 15.8. The summed E-state index contributed by atoms with van der Waals surface area (Å²) >= 11 is 11.9. The second-order valence-electron chi connectivity index (χ2n) is 4.63. The van der Waals surface area contributed by atoms with Crippen LogP contribution in [-0.4, -0.2) is 8.42 Å². The number of hydrogen-bond donors (Lipinski definition) is 2. The van der Waals surface area contributed by atoms with Gasteiger partial charge in [0.05, 0.1) is 20.6 Å². The second-order valence-corrected chi connectivity index (χ2v) is 7.04. The largest absolute Gasteiger partial charge is 0.398 e. The van der Waals surface area contributed by atoms with Crippen molar-refractivity contribution < 1.29 is 8.42 Å². The lowest BCUT2D eigenvalue weighted by Crippen LogP contribution is -2.16. The monoisotopic (exact) mass is 344 g/mol. The number of sulfonamides is 1. The molecule has 112 valence electrons. The smallest absolute Gasteiger partial charge is 0.262 e. The maximum Gasteiger partial charge on any atom is 0.262 e. The van der Waals surface area contributed by atoms with E-state index < -0.39 is 10.0 Å². The summed E-state index contributed by atoms with van der Waals surface area (Å²) in [7, 11) is -3.81. The van der Waals surface area contributed by atoms with Crippen molar-refractivity contribution in [2.75, 3.05) is 10.5 Å². The highest BCUT2D eigenvalue weighted by molar-refractivity contribution is 7.92. The van der Waals surface area contributed by atoms with Crippen LogP contribution in [-0.2, 0) is 10.0 Å². The predicted octanol–water partition coefficient (Wildman–Crippen LogP) is 3.99. The lowest BCUT2D eigenvalue weighted by Gasteiger charge is -2.15. The number of nitrogens with one attached hydrogen (secondary N) is 1. The Balaban J connectivity index is 2.54. The van der Waals surface area contributed by atoms with E-state index in [4.69, 9.17) is 28.9 Å². The minimum absolute atomic E-state index is 0.151. The van der Waals surface area contributed by atoms with Gasteiger partial charge in [0.1, 0.15) is 0 Å². The molecule has 4 nitrogen and oxygen atoms in total. The maximum absolute atomic E-state index is 12.6. The van der Waals surface area contributed by atoms with Gasteiger partial charge in [-0.15, -0.1) is 0 Å². The van der Waals surface area contributed by atoms with Crippen LogP contribution in [0, 0.1) is 13.8 Å². The molecule has 0 bridgehead atoms. The Labute approximate surface area is 133 Å². The van der Waals surface area contributed by atoms with Gasteiger partial charge in [0.2, 0.25) is 0 Å². The topological polar surface area (TPSA) is 72.2 Å². The summed E-state index contributed by atoms with van der Waals surface area (Å²) in [5.74, 6) is 0. The van der Waals surface area contributed by atoms with Crippen molar-refractivity contribution in [2.24, 2.45) is 0 Å². The van der Waals surface area contributed by atoms with E-state index in [-0.39, 0.29) is 20.6 Å². The Hall–Kier alpha value is -1.43. The van der Waals surface area contributed by atoms with Gasteiger partial charge >= 0.3 is 0 Å². The lowest BCUT2D eigenvalue weighted by molar-refractivity contribution is 0.600. The molecular formula is C14H14Cl2N2O2S. The van der Waals surface area contributed by atoms with Gasteiger partial charge in [0.15, 0.2) is 0 Å². The van der Waals surface area contributed by atoms with E-state index >= 15 is 0 Å². The number of halogens is 2. The molecule has 0 aromatic heterocycles. The molecule has 3 N–H and O–H groups in total. The Bertz CT molecular complexity index is 805. The third kappa shape index (κ3) is 3.10. The third-order valence-corrected chi connectivity index (χ3v) is 5.58. The Kier molecular flexibility index (Phi) is 4.37. The van der Waals surface area contributed by atoms with Crippen LogP contribution in [0.3, 0.4) is 0 Å². The molecule has 2 rings (SSSR count). The molecule has 0 radical (unpaired) electrons. The predicted molar refractivity (Wildman–Crippen MR) is 87.6 cm³/mol. The fraction of sp³-hybridized carbons (Fsp3) is 0.143. The van der Waals surface area contributed by atoms with E-state index in [0.717, 1.165) is 0 Å². The normalized spacial score (nSPS) is 11.4. The molecule has 0 aliphatic carbocycles. The minimum Gasteiger partial charge on any atom is -0.398 e. The molecule has 0 amide bonds. The van der Waals surface area contributed by atoms with Gasteiger partial charge in [-0.05, 0) is 43.2 Å². The molecule has 0 spiro atoms. The van der Waals surface area contributed by atoms with E-state index in [0.29, 0.717) is 16.8 Å². The minimum atomic E-state index is -3.81. The van der Waals surface area contributed by atoms with E-state index in [1.165, 1.54) is 0 Å². The zero-order valence-electron chi connectivity index (χ0n) is 11.4. The van der Waals surface area contributed by atoms with E-state index in [9.17, 15) is 8.42 Å². The Morgan fingerprint density at radius 2 is 1.76 bits per heavy atom. The molecule has 2 aromatic rings. The van der Waals surface area contributed by atoms with Gasteiger partial charge in [-0.25, -0.2) is 8.42 Å². The summed E-state index contributed by atoms with van der Waals surface area (Å²) in [6, 6.07) is 8.08. The molecule has 0 aliphatic heterocycles. The van der Waals surface area contributed by atoms with Gasteiger partial charge in [0, 0.05) is 5.69 Å². The number of hydrogen-bond acceptors (Lipinski definition) is 3. The number of nitrogen functional groups attached to an aromatic ring is 1. The van der Waals surface area contributed by atoms with Gasteiger partial charge in [-0.2, -0.15) is 0 Å². The van der Waals surface area contributed by atoms with Crippen molar-refractivity contribution >= 4 is 44.6 Å². The molecule has 0 aliphatic rings. The highest BCUT2D eigenvalue weighted by atomic mass is 35.5. The van der Waals surface area contributed by atoms with Crippen LogP contribution < -0.4 is 10.5 Å². The number of benzene rings is 2. The summed E-state index contributed by atoms with van der Waals surface area (Å²) in [5, 5.41) is 0.430. The maximum atomic E-state index is 12.6. The molecule has 0 atom stereocenters. The van der Waals surface area contributed by atoms with Crippen LogP contribution >= 0.6 is 23.2 Å². The summed E-state index contributed by atoms with van der Waals surface area (Å²) in [4.78, 5) is 0.151. The molecule has 0 unspecified atom stereocenters. The fourth-order valence-corrected chi connectivity index (χ4v) is 4.01. The highest BCUT2D eigenvalue weighted by Crippen LogP contribution is 2.33. The molecule has 0 saturated heterocycles. The van der Waals surface area contributed by atoms with Crippen molar-refractivity contribution in [2.45, 2.75) is 18.7 Å². The average molecular weight is 345 g/mol. The number of nitrogens with two attached hydrogens (primary N) is 1. The quantitative estimate of drug-likeness (QED) is 0.826. The van der Waals surface area contributed by atoms with Crippen molar-refractivity contribution in [3.05, 3.63) is 51.5 Å². The van der Waals surface area contributed by atoms with Crippen LogP contribution in [0.5, 0.6) is 0 Å². The second kappa shape index (κ2) is 5.75. The first-order chi connectivity index (χ1) is 9.74. The van der Waals surface area contributed by atoms with E-state index in [1.54, 1.807) is 44.2 Å². The number of anilines is 2. The Morgan fingerprint density at radius 3 is 2.43 bits per heavy atom. The van der Waals surface area contributed by atoms with Crippen molar-refractivity contribution in [1.82, 2.24) is 0 Å². The highest BCUT2D eigenvalue weighted by Gasteiger charge is 2.22. The van der Waals surface area contributed by atoms with Gasteiger partial charge in [-0.1, -0.05) is 35.3 Å². The molecular weight excluding hydrogens is 331 g/mol. The van der Waals surface area contributed by atoms with Gasteiger partial charge < -0.3 is 5.73 Å². The Morgan fingerprint density at radius 1 is 1.10 bits per heavy atom. The lowest BCUT2D eigenvalue weighted by atomic mass is 10.1. The fourth-order valence-electron chi connectivity index (χ4n) is 2.03. The summed E-state index contributed by atoms with van der Waals surface area (Å²) in [6.07, 6.45) is 0. The molecule has 2 aromatic carbocycles. The summed E-state index contributed by atoms with van der Waals surface area (Å²) in [6.45, 7) is 3.37. The molecule has 0 heterocycles. The molecule has 0 saturated carbocycles. The molecule has 7 heteroatoms. The average Bonchev–Trinajstić information content (AvgIpc) is 2.39. The zero-order valence-corrected chi connectivity index (χ0v) is 13.8. The van der Waals surface area contributed by atoms with Crippen molar-refractivity contribution in [1.29, 1.82) is 0 Å². The van der Waals surface area contributed by atoms with E-state index in [1.807, 2.05) is 0 Å². The first-order valence-electron chi connectivity index (χ1n) is 6.06. The standard InChI is InChI=1S/C14H14Cl2N2O2S/c1-8-6-7-11(17)9(2)14(8)21(19,20)18-12-5-3-4-10(15)13(12)16/h3-7,18H,17H2,1-2H3. The first-order valence-corrected chi connectivity index (χ1v) is 8.30. The van der Waals surface area contributed by atoms with Crippen LogP contribution in [0.1, 0.15) is 11.1 Å². The van der Waals surface area contributed by atoms with Gasteiger partial charge in [0.25, 0.3) is 10.0 Å². The van der Waals surface area contributed by atoms with E-state index in [2.05, 4.69) is 4.72 Å². The van der Waals surface area contributed by atoms with Crippen LogP contribution in [0.4, 0.5) is 11.4 Å². The van der Waals surface area contributed by atoms with Crippen LogP contribution in [0.2, 0.25) is 10.0 Å². The van der Waals surface area contributed by atoms with Crippen molar-refractivity contribution in [3.8, 4) is 0 Å². The number of rotatable bonds is 3. The summed E-state index contributed by atoms with van der Waals surface area (Å²) in [5.41, 5.74) is 7.54. The van der Waals surface area contributed by atoms with Crippen molar-refractivity contribution in [3.63, 3.8) is 0 Å². The van der Waals surface area contributed by atoms with Gasteiger partial charge in [-0.3, -0.25) is 4.72 Å².